The van der Waals surface area contributed by atoms with Crippen LogP contribution in [0.4, 0.5) is 0 Å². The molecule has 0 spiro atoms. The normalized spacial score (nSPS) is 28.8. The molecular formula is C20H25NO4S. The number of nitrogens with one attached hydrogen (secondary N) is 1. The molecule has 0 bridgehead atoms. The van der Waals surface area contributed by atoms with Gasteiger partial charge >= 0.3 is 0 Å². The summed E-state index contributed by atoms with van der Waals surface area (Å²) in [6, 6.07) is 19.1. The minimum Gasteiger partial charge on any atom is -0.396 e. The molecule has 0 aliphatic carbocycles. The second-order valence-corrected chi connectivity index (χ2v) is 7.56. The summed E-state index contributed by atoms with van der Waals surface area (Å²) < 4.78 is 6.04. The third-order valence-electron chi connectivity index (χ3n) is 4.64. The van der Waals surface area contributed by atoms with Crippen LogP contribution in [0.2, 0.25) is 0 Å². The summed E-state index contributed by atoms with van der Waals surface area (Å²) in [4.78, 5) is 0.996. The summed E-state index contributed by atoms with van der Waals surface area (Å²) in [7, 11) is 0. The van der Waals surface area contributed by atoms with Gasteiger partial charge in [0.05, 0.1) is 31.5 Å². The summed E-state index contributed by atoms with van der Waals surface area (Å²) in [5.41, 5.74) is 0.655. The van der Waals surface area contributed by atoms with E-state index >= 15 is 0 Å². The van der Waals surface area contributed by atoms with Crippen molar-refractivity contribution in [2.75, 3.05) is 13.2 Å². The van der Waals surface area contributed by atoms with Gasteiger partial charge in [-0.15, -0.1) is 0 Å². The van der Waals surface area contributed by atoms with Gasteiger partial charge in [0.25, 0.3) is 0 Å². The summed E-state index contributed by atoms with van der Waals surface area (Å²) in [6.45, 7) is 0.165. The highest BCUT2D eigenvalue weighted by molar-refractivity contribution is 7.99. The van der Waals surface area contributed by atoms with E-state index in [0.717, 1.165) is 10.5 Å². The van der Waals surface area contributed by atoms with E-state index in [9.17, 15) is 15.3 Å². The molecule has 0 amide bonds. The Balaban J connectivity index is 1.70. The highest BCUT2D eigenvalue weighted by Crippen LogP contribution is 2.36. The van der Waals surface area contributed by atoms with Crippen molar-refractivity contribution in [3.63, 3.8) is 0 Å². The molecule has 2 aromatic carbocycles. The van der Waals surface area contributed by atoms with Gasteiger partial charge in [-0.2, -0.15) is 0 Å². The van der Waals surface area contributed by atoms with E-state index in [1.165, 1.54) is 11.8 Å². The molecule has 1 fully saturated rings. The second kappa shape index (κ2) is 9.50. The maximum Gasteiger partial charge on any atom is 0.115 e. The van der Waals surface area contributed by atoms with Gasteiger partial charge in [0, 0.05) is 17.4 Å². The van der Waals surface area contributed by atoms with Crippen molar-refractivity contribution in [2.45, 2.75) is 35.1 Å². The van der Waals surface area contributed by atoms with Crippen LogP contribution in [0.15, 0.2) is 65.6 Å². The first-order valence-electron chi connectivity index (χ1n) is 8.77. The van der Waals surface area contributed by atoms with Crippen LogP contribution in [0.5, 0.6) is 0 Å². The number of ether oxygens (including phenoxy) is 1. The fraction of sp³-hybridized carbons (Fsp3) is 0.400. The summed E-state index contributed by atoms with van der Waals surface area (Å²) in [6.07, 6.45) is -1.37. The summed E-state index contributed by atoms with van der Waals surface area (Å²) in [5.74, 6) is -0.448. The first-order valence-corrected chi connectivity index (χ1v) is 9.65. The molecule has 0 saturated carbocycles. The Bertz CT molecular complexity index is 657. The van der Waals surface area contributed by atoms with Gasteiger partial charge in [0.1, 0.15) is 5.44 Å². The molecule has 4 N–H and O–H groups in total. The Morgan fingerprint density at radius 3 is 2.19 bits per heavy atom. The van der Waals surface area contributed by atoms with Gasteiger partial charge in [-0.25, -0.2) is 0 Å². The second-order valence-electron chi connectivity index (χ2n) is 6.39. The van der Waals surface area contributed by atoms with Crippen molar-refractivity contribution < 1.29 is 20.1 Å². The molecule has 1 aliphatic heterocycles. The van der Waals surface area contributed by atoms with Crippen LogP contribution in [-0.2, 0) is 11.3 Å². The number of benzene rings is 2. The van der Waals surface area contributed by atoms with Crippen LogP contribution in [0.25, 0.3) is 0 Å². The van der Waals surface area contributed by atoms with Gasteiger partial charge in [-0.05, 0) is 17.7 Å². The molecule has 1 aliphatic rings. The molecular weight excluding hydrogens is 350 g/mol. The lowest BCUT2D eigenvalue weighted by Crippen LogP contribution is -2.61. The molecule has 2 aromatic rings. The highest BCUT2D eigenvalue weighted by Gasteiger charge is 2.44. The van der Waals surface area contributed by atoms with E-state index in [1.54, 1.807) is 0 Å². The maximum atomic E-state index is 10.8. The zero-order chi connectivity index (χ0) is 18.4. The van der Waals surface area contributed by atoms with Crippen LogP contribution in [-0.4, -0.2) is 52.2 Å². The summed E-state index contributed by atoms with van der Waals surface area (Å²) in [5, 5.41) is 33.7. The van der Waals surface area contributed by atoms with Gasteiger partial charge in [-0.3, -0.25) is 0 Å². The average molecular weight is 375 g/mol. The first kappa shape index (κ1) is 19.4. The molecule has 5 atom stereocenters. The highest BCUT2D eigenvalue weighted by atomic mass is 32.2. The van der Waals surface area contributed by atoms with Crippen molar-refractivity contribution in [2.24, 2.45) is 5.92 Å². The van der Waals surface area contributed by atoms with Crippen molar-refractivity contribution in [1.82, 2.24) is 5.32 Å². The molecule has 1 heterocycles. The lowest BCUT2D eigenvalue weighted by atomic mass is 9.90. The third-order valence-corrected chi connectivity index (χ3v) is 5.87. The van der Waals surface area contributed by atoms with Gasteiger partial charge < -0.3 is 25.4 Å². The predicted molar refractivity (Wildman–Crippen MR) is 102 cm³/mol. The minimum atomic E-state index is -0.823. The number of aliphatic hydroxyl groups is 3. The molecule has 1 saturated heterocycles. The topological polar surface area (TPSA) is 82.0 Å². The van der Waals surface area contributed by atoms with Crippen LogP contribution < -0.4 is 5.32 Å². The van der Waals surface area contributed by atoms with Crippen LogP contribution in [0.1, 0.15) is 5.56 Å². The molecule has 3 rings (SSSR count). The quantitative estimate of drug-likeness (QED) is 0.589. The van der Waals surface area contributed by atoms with Crippen molar-refractivity contribution in [3.8, 4) is 0 Å². The average Bonchev–Trinajstić information content (AvgIpc) is 2.68. The van der Waals surface area contributed by atoms with E-state index in [0.29, 0.717) is 6.54 Å². The lowest BCUT2D eigenvalue weighted by molar-refractivity contribution is -0.145. The Kier molecular flexibility index (Phi) is 7.07. The van der Waals surface area contributed by atoms with Gasteiger partial charge in [-0.1, -0.05) is 60.3 Å². The minimum absolute atomic E-state index is 0.187. The number of aliphatic hydroxyl groups excluding tert-OH is 3. The van der Waals surface area contributed by atoms with E-state index in [2.05, 4.69) is 5.32 Å². The molecule has 6 heteroatoms. The largest absolute Gasteiger partial charge is 0.396 e. The number of rotatable bonds is 7. The lowest BCUT2D eigenvalue weighted by Gasteiger charge is -2.44. The van der Waals surface area contributed by atoms with E-state index in [1.807, 2.05) is 60.7 Å². The fourth-order valence-corrected chi connectivity index (χ4v) is 4.39. The van der Waals surface area contributed by atoms with Crippen molar-refractivity contribution in [1.29, 1.82) is 0 Å². The molecule has 0 radical (unpaired) electrons. The van der Waals surface area contributed by atoms with Crippen molar-refractivity contribution >= 4 is 11.8 Å². The zero-order valence-corrected chi connectivity index (χ0v) is 15.3. The number of hydrogen-bond acceptors (Lipinski definition) is 6. The third kappa shape index (κ3) is 4.65. The molecule has 26 heavy (non-hydrogen) atoms. The van der Waals surface area contributed by atoms with Crippen LogP contribution in [0, 0.1) is 5.92 Å². The van der Waals surface area contributed by atoms with Gasteiger partial charge in [0.2, 0.25) is 0 Å². The zero-order valence-electron chi connectivity index (χ0n) is 14.4. The van der Waals surface area contributed by atoms with E-state index < -0.39 is 29.6 Å². The molecule has 0 unspecified atom stereocenters. The molecule has 0 aromatic heterocycles. The fourth-order valence-electron chi connectivity index (χ4n) is 3.19. The maximum absolute atomic E-state index is 10.8. The number of thioether (sulfide) groups is 1. The Morgan fingerprint density at radius 1 is 0.923 bits per heavy atom. The summed E-state index contributed by atoms with van der Waals surface area (Å²) >= 11 is 1.46. The Hall–Kier alpha value is -1.41. The predicted octanol–water partition coefficient (Wildman–Crippen LogP) is 1.62. The van der Waals surface area contributed by atoms with E-state index in [4.69, 9.17) is 4.74 Å². The monoisotopic (exact) mass is 375 g/mol. The number of hydrogen-bond donors (Lipinski definition) is 4. The first-order chi connectivity index (χ1) is 12.7. The standard InChI is InChI=1S/C20H25NO4S/c22-12-16-19(24)18(21-11-14-7-3-1-4-8-14)17(13-23)25-20(16)26-15-9-5-2-6-10-15/h1-10,16-24H,11-13H2/t16-,17+,18-,19+,20-/m0/s1. The Morgan fingerprint density at radius 2 is 1.58 bits per heavy atom. The SMILES string of the molecule is OC[C@H]1[C@@H](O)[C@@H](NCc2ccccc2)[C@@H](CO)O[C@H]1Sc1ccccc1. The van der Waals surface area contributed by atoms with Crippen LogP contribution >= 0.6 is 11.8 Å². The van der Waals surface area contributed by atoms with E-state index in [-0.39, 0.29) is 13.2 Å². The van der Waals surface area contributed by atoms with Crippen molar-refractivity contribution in [3.05, 3.63) is 66.2 Å². The van der Waals surface area contributed by atoms with Crippen LogP contribution in [0.3, 0.4) is 0 Å². The molecule has 140 valence electrons. The Labute approximate surface area is 158 Å². The molecule has 5 nitrogen and oxygen atoms in total. The smallest absolute Gasteiger partial charge is 0.115 e. The van der Waals surface area contributed by atoms with Gasteiger partial charge in [0.15, 0.2) is 0 Å².